The summed E-state index contributed by atoms with van der Waals surface area (Å²) < 4.78 is 0. The maximum absolute atomic E-state index is 12.3. The van der Waals surface area contributed by atoms with Crippen molar-refractivity contribution in [2.45, 2.75) is 0 Å². The highest BCUT2D eigenvalue weighted by Crippen LogP contribution is 2.25. The number of carbonyl (C=O) groups is 3. The van der Waals surface area contributed by atoms with Crippen LogP contribution in [-0.4, -0.2) is 73.2 Å². The van der Waals surface area contributed by atoms with Gasteiger partial charge in [0, 0.05) is 42.6 Å². The monoisotopic (exact) mass is 437 g/mol. The van der Waals surface area contributed by atoms with Crippen LogP contribution in [0.5, 0.6) is 0 Å². The summed E-state index contributed by atoms with van der Waals surface area (Å²) in [4.78, 5) is 40.0. The number of aromatic amines is 1. The first-order valence-corrected chi connectivity index (χ1v) is 10.2. The van der Waals surface area contributed by atoms with Crippen molar-refractivity contribution in [1.82, 2.24) is 25.8 Å². The number of nitrogens with zero attached hydrogens (tertiary/aromatic N) is 1. The molecule has 3 amide bonds. The van der Waals surface area contributed by atoms with Crippen LogP contribution in [0.3, 0.4) is 0 Å². The molecule has 0 aliphatic carbocycles. The number of H-pyrrole nitrogens is 1. The van der Waals surface area contributed by atoms with Gasteiger partial charge in [0.25, 0.3) is 11.8 Å². The zero-order valence-corrected chi connectivity index (χ0v) is 18.1. The van der Waals surface area contributed by atoms with E-state index in [2.05, 4.69) is 20.9 Å². The van der Waals surface area contributed by atoms with Gasteiger partial charge in [-0.25, -0.2) is 4.79 Å². The van der Waals surface area contributed by atoms with Gasteiger partial charge in [0.2, 0.25) is 0 Å². The van der Waals surface area contributed by atoms with Gasteiger partial charge in [0.05, 0.1) is 0 Å². The first-order valence-electron chi connectivity index (χ1n) is 10.2. The molecule has 0 spiro atoms. The number of benzene rings is 2. The fourth-order valence-corrected chi connectivity index (χ4v) is 3.18. The molecule has 0 saturated carbocycles. The van der Waals surface area contributed by atoms with Gasteiger partial charge in [-0.05, 0) is 55.6 Å². The number of rotatable bonds is 9. The third-order valence-electron chi connectivity index (χ3n) is 4.88. The molecule has 32 heavy (non-hydrogen) atoms. The van der Waals surface area contributed by atoms with Gasteiger partial charge in [-0.1, -0.05) is 18.2 Å². The van der Waals surface area contributed by atoms with Gasteiger partial charge in [-0.3, -0.25) is 9.59 Å². The van der Waals surface area contributed by atoms with Crippen LogP contribution in [0.25, 0.3) is 22.0 Å². The second-order valence-electron chi connectivity index (χ2n) is 7.61. The summed E-state index contributed by atoms with van der Waals surface area (Å²) in [5, 5.41) is 17.2. The Balaban J connectivity index is 1.65. The predicted molar refractivity (Wildman–Crippen MR) is 123 cm³/mol. The van der Waals surface area contributed by atoms with E-state index in [4.69, 9.17) is 5.11 Å². The lowest BCUT2D eigenvalue weighted by Gasteiger charge is -2.10. The van der Waals surface area contributed by atoms with E-state index < -0.39 is 6.09 Å². The minimum atomic E-state index is -1.13. The molecule has 1 aromatic heterocycles. The molecule has 0 radical (unpaired) electrons. The van der Waals surface area contributed by atoms with E-state index in [0.29, 0.717) is 17.8 Å². The van der Waals surface area contributed by atoms with E-state index in [0.717, 1.165) is 28.6 Å². The standard InChI is InChI=1S/C23H27N5O4/c1-28(2)12-11-25-21(29)16-5-3-15(4-6-16)17-7-8-19-18(13-17)14-20(27-19)22(30)24-9-10-26-23(31)32/h3-8,13-14,26-27H,9-12H2,1-2H3,(H,24,30)(H,25,29)(H,31,32). The minimum Gasteiger partial charge on any atom is -0.465 e. The van der Waals surface area contributed by atoms with Crippen LogP contribution < -0.4 is 16.0 Å². The topological polar surface area (TPSA) is 127 Å². The molecule has 9 heteroatoms. The number of aromatic nitrogens is 1. The van der Waals surface area contributed by atoms with E-state index in [1.807, 2.05) is 49.3 Å². The van der Waals surface area contributed by atoms with Crippen molar-refractivity contribution in [3.05, 3.63) is 59.8 Å². The highest BCUT2D eigenvalue weighted by atomic mass is 16.4. The van der Waals surface area contributed by atoms with Crippen molar-refractivity contribution in [2.24, 2.45) is 0 Å². The first-order chi connectivity index (χ1) is 15.3. The van der Waals surface area contributed by atoms with Crippen LogP contribution in [0.4, 0.5) is 4.79 Å². The number of hydrogen-bond donors (Lipinski definition) is 5. The fraction of sp³-hybridized carbons (Fsp3) is 0.261. The normalized spacial score (nSPS) is 10.8. The molecule has 0 unspecified atom stereocenters. The van der Waals surface area contributed by atoms with Gasteiger partial charge in [-0.15, -0.1) is 0 Å². The highest BCUT2D eigenvalue weighted by molar-refractivity contribution is 5.99. The number of nitrogens with one attached hydrogen (secondary N) is 4. The van der Waals surface area contributed by atoms with E-state index >= 15 is 0 Å². The molecule has 0 fully saturated rings. The Morgan fingerprint density at radius 3 is 2.19 bits per heavy atom. The summed E-state index contributed by atoms with van der Waals surface area (Å²) in [5.74, 6) is -0.409. The van der Waals surface area contributed by atoms with Gasteiger partial charge < -0.3 is 30.9 Å². The lowest BCUT2D eigenvalue weighted by Crippen LogP contribution is -2.34. The van der Waals surface area contributed by atoms with Gasteiger partial charge >= 0.3 is 6.09 Å². The largest absolute Gasteiger partial charge is 0.465 e. The lowest BCUT2D eigenvalue weighted by molar-refractivity contribution is 0.0942. The summed E-state index contributed by atoms with van der Waals surface area (Å²) in [6, 6.07) is 15.0. The second kappa shape index (κ2) is 10.5. The number of likely N-dealkylation sites (N-methyl/N-ethyl adjacent to an activating group) is 1. The van der Waals surface area contributed by atoms with E-state index in [9.17, 15) is 14.4 Å². The SMILES string of the molecule is CN(C)CCNC(=O)c1ccc(-c2ccc3[nH]c(C(=O)NCCNC(=O)O)cc3c2)cc1. The second-order valence-corrected chi connectivity index (χ2v) is 7.61. The summed E-state index contributed by atoms with van der Waals surface area (Å²) in [7, 11) is 3.91. The molecule has 3 aromatic rings. The first kappa shape index (κ1) is 22.8. The molecule has 2 aromatic carbocycles. The zero-order chi connectivity index (χ0) is 23.1. The molecule has 168 valence electrons. The molecule has 9 nitrogen and oxygen atoms in total. The van der Waals surface area contributed by atoms with Crippen LogP contribution in [0.15, 0.2) is 48.5 Å². The molecule has 0 saturated heterocycles. The predicted octanol–water partition coefficient (Wildman–Crippen LogP) is 2.12. The van der Waals surface area contributed by atoms with E-state index in [1.54, 1.807) is 18.2 Å². The fourth-order valence-electron chi connectivity index (χ4n) is 3.18. The average Bonchev–Trinajstić information content (AvgIpc) is 3.20. The van der Waals surface area contributed by atoms with Crippen molar-refractivity contribution in [2.75, 3.05) is 40.3 Å². The number of amides is 3. The van der Waals surface area contributed by atoms with Crippen molar-refractivity contribution >= 4 is 28.8 Å². The van der Waals surface area contributed by atoms with Crippen molar-refractivity contribution in [1.29, 1.82) is 0 Å². The number of hydrogen-bond acceptors (Lipinski definition) is 4. The van der Waals surface area contributed by atoms with Crippen LogP contribution in [0.1, 0.15) is 20.8 Å². The molecule has 0 bridgehead atoms. The van der Waals surface area contributed by atoms with Crippen molar-refractivity contribution < 1.29 is 19.5 Å². The van der Waals surface area contributed by atoms with Crippen LogP contribution in [0.2, 0.25) is 0 Å². The molecule has 5 N–H and O–H groups in total. The van der Waals surface area contributed by atoms with Crippen molar-refractivity contribution in [3.8, 4) is 11.1 Å². The third-order valence-corrected chi connectivity index (χ3v) is 4.88. The van der Waals surface area contributed by atoms with Gasteiger partial charge in [0.15, 0.2) is 0 Å². The van der Waals surface area contributed by atoms with Crippen LogP contribution >= 0.6 is 0 Å². The van der Waals surface area contributed by atoms with Crippen LogP contribution in [-0.2, 0) is 0 Å². The molecule has 1 heterocycles. The Morgan fingerprint density at radius 2 is 1.50 bits per heavy atom. The summed E-state index contributed by atoms with van der Waals surface area (Å²) in [5.41, 5.74) is 3.75. The molecule has 0 aliphatic heterocycles. The third kappa shape index (κ3) is 6.08. The highest BCUT2D eigenvalue weighted by Gasteiger charge is 2.11. The Labute approximate surface area is 185 Å². The molecule has 3 rings (SSSR count). The van der Waals surface area contributed by atoms with Crippen molar-refractivity contribution in [3.63, 3.8) is 0 Å². The number of carbonyl (C=O) groups excluding carboxylic acids is 2. The average molecular weight is 438 g/mol. The minimum absolute atomic E-state index is 0.103. The lowest BCUT2D eigenvalue weighted by atomic mass is 10.0. The Bertz CT molecular complexity index is 1110. The summed E-state index contributed by atoms with van der Waals surface area (Å²) >= 11 is 0. The van der Waals surface area contributed by atoms with E-state index in [1.165, 1.54) is 0 Å². The number of fused-ring (bicyclic) bond motifs is 1. The molecular formula is C23H27N5O4. The smallest absolute Gasteiger partial charge is 0.404 e. The number of carboxylic acid groups (broad SMARTS) is 1. The maximum Gasteiger partial charge on any atom is 0.404 e. The summed E-state index contributed by atoms with van der Waals surface area (Å²) in [6.07, 6.45) is -1.13. The van der Waals surface area contributed by atoms with Gasteiger partial charge in [0.1, 0.15) is 5.69 Å². The molecular weight excluding hydrogens is 410 g/mol. The summed E-state index contributed by atoms with van der Waals surface area (Å²) in [6.45, 7) is 1.69. The quantitative estimate of drug-likeness (QED) is 0.328. The zero-order valence-electron chi connectivity index (χ0n) is 18.1. The Morgan fingerprint density at radius 1 is 0.844 bits per heavy atom. The van der Waals surface area contributed by atoms with Crippen LogP contribution in [0, 0.1) is 0 Å². The molecule has 0 aliphatic rings. The maximum atomic E-state index is 12.3. The molecule has 0 atom stereocenters. The Kier molecular flexibility index (Phi) is 7.45. The van der Waals surface area contributed by atoms with E-state index in [-0.39, 0.29) is 24.9 Å². The van der Waals surface area contributed by atoms with Gasteiger partial charge in [-0.2, -0.15) is 0 Å². The Hall–Kier alpha value is -3.85.